The summed E-state index contributed by atoms with van der Waals surface area (Å²) in [6, 6.07) is 15.3. The molecule has 4 heteroatoms. The van der Waals surface area contributed by atoms with Crippen molar-refractivity contribution < 1.29 is 19.1 Å². The molecule has 0 aliphatic heterocycles. The van der Waals surface area contributed by atoms with Crippen molar-refractivity contribution in [3.05, 3.63) is 79.4 Å². The van der Waals surface area contributed by atoms with Crippen LogP contribution in [0.25, 0.3) is 11.1 Å². The van der Waals surface area contributed by atoms with E-state index in [4.69, 9.17) is 9.47 Å². The third-order valence-corrected chi connectivity index (χ3v) is 3.69. The van der Waals surface area contributed by atoms with Crippen LogP contribution in [0.3, 0.4) is 0 Å². The van der Waals surface area contributed by atoms with Crippen LogP contribution in [0.2, 0.25) is 0 Å². The first-order valence-electron chi connectivity index (χ1n) is 7.87. The fourth-order valence-corrected chi connectivity index (χ4v) is 2.24. The molecule has 0 saturated heterocycles. The van der Waals surface area contributed by atoms with E-state index in [-0.39, 0.29) is 5.92 Å². The Hall–Kier alpha value is -3.14. The molecule has 25 heavy (non-hydrogen) atoms. The Labute approximate surface area is 147 Å². The smallest absolute Gasteiger partial charge is 0.335 e. The number of ether oxygens (including phenoxy) is 2. The van der Waals surface area contributed by atoms with Crippen LogP contribution in [0.5, 0.6) is 5.75 Å². The normalized spacial score (nSPS) is 11.2. The number of hydrogen-bond acceptors (Lipinski definition) is 4. The summed E-state index contributed by atoms with van der Waals surface area (Å²) in [5.41, 5.74) is 3.13. The molecule has 0 saturated carbocycles. The lowest BCUT2D eigenvalue weighted by Gasteiger charge is -2.12. The molecular formula is C21H20O4. The summed E-state index contributed by atoms with van der Waals surface area (Å²) in [6.07, 6.45) is 2.28. The van der Waals surface area contributed by atoms with Crippen molar-refractivity contribution >= 4 is 11.9 Å². The fourth-order valence-electron chi connectivity index (χ4n) is 2.24. The Morgan fingerprint density at radius 3 is 1.96 bits per heavy atom. The molecule has 128 valence electrons. The zero-order valence-electron chi connectivity index (χ0n) is 14.1. The highest BCUT2D eigenvalue weighted by Crippen LogP contribution is 2.25. The van der Waals surface area contributed by atoms with Gasteiger partial charge in [-0.05, 0) is 28.8 Å². The second-order valence-corrected chi connectivity index (χ2v) is 5.51. The molecule has 2 aromatic carbocycles. The maximum atomic E-state index is 11.2. The van der Waals surface area contributed by atoms with Gasteiger partial charge in [-0.15, -0.1) is 0 Å². The molecule has 2 aromatic rings. The van der Waals surface area contributed by atoms with Gasteiger partial charge in [-0.25, -0.2) is 9.59 Å². The van der Waals surface area contributed by atoms with E-state index in [2.05, 4.69) is 13.2 Å². The average molecular weight is 336 g/mol. The number of esters is 2. The molecule has 0 N–H and O–H groups in total. The Balaban J connectivity index is 2.04. The minimum Gasteiger partial charge on any atom is -0.462 e. The van der Waals surface area contributed by atoms with Crippen molar-refractivity contribution in [3.8, 4) is 16.9 Å². The summed E-state index contributed by atoms with van der Waals surface area (Å²) in [5.74, 6) is -0.328. The highest BCUT2D eigenvalue weighted by Gasteiger charge is 2.08. The van der Waals surface area contributed by atoms with E-state index in [1.165, 1.54) is 0 Å². The minimum atomic E-state index is -0.483. The van der Waals surface area contributed by atoms with Crippen LogP contribution in [-0.2, 0) is 14.3 Å². The molecular weight excluding hydrogens is 316 g/mol. The van der Waals surface area contributed by atoms with Gasteiger partial charge in [0.05, 0.1) is 6.61 Å². The lowest BCUT2D eigenvalue weighted by atomic mass is 9.98. The molecule has 1 unspecified atom stereocenters. The van der Waals surface area contributed by atoms with Crippen molar-refractivity contribution in [1.82, 2.24) is 0 Å². The maximum absolute atomic E-state index is 11.2. The first-order valence-corrected chi connectivity index (χ1v) is 7.87. The lowest BCUT2D eigenvalue weighted by molar-refractivity contribution is -0.138. The minimum absolute atomic E-state index is 0.0960. The maximum Gasteiger partial charge on any atom is 0.335 e. The quantitative estimate of drug-likeness (QED) is 0.430. The number of hydrogen-bond donors (Lipinski definition) is 0. The van der Waals surface area contributed by atoms with Crippen LogP contribution >= 0.6 is 0 Å². The molecule has 2 rings (SSSR count). The van der Waals surface area contributed by atoms with Gasteiger partial charge in [0.15, 0.2) is 0 Å². The third kappa shape index (κ3) is 5.18. The standard InChI is InChI=1S/C21H20O4/c1-4-20(22)24-14-15(3)16-6-8-17(9-7-16)18-10-12-19(13-11-18)25-21(23)5-2/h4-13,15H,1-2,14H2,3H3. The van der Waals surface area contributed by atoms with E-state index >= 15 is 0 Å². The summed E-state index contributed by atoms with van der Waals surface area (Å²) < 4.78 is 10.1. The van der Waals surface area contributed by atoms with Gasteiger partial charge in [-0.3, -0.25) is 0 Å². The topological polar surface area (TPSA) is 52.6 Å². The Bertz CT molecular complexity index is 757. The monoisotopic (exact) mass is 336 g/mol. The van der Waals surface area contributed by atoms with E-state index < -0.39 is 11.9 Å². The number of rotatable bonds is 7. The van der Waals surface area contributed by atoms with E-state index in [0.29, 0.717) is 12.4 Å². The Morgan fingerprint density at radius 1 is 0.920 bits per heavy atom. The predicted octanol–water partition coefficient (Wildman–Crippen LogP) is 4.28. The van der Waals surface area contributed by atoms with Crippen molar-refractivity contribution in [1.29, 1.82) is 0 Å². The molecule has 0 bridgehead atoms. The lowest BCUT2D eigenvalue weighted by Crippen LogP contribution is -2.08. The van der Waals surface area contributed by atoms with Crippen LogP contribution in [0.15, 0.2) is 73.8 Å². The van der Waals surface area contributed by atoms with E-state index in [1.54, 1.807) is 12.1 Å². The average Bonchev–Trinajstić information content (AvgIpc) is 2.66. The largest absolute Gasteiger partial charge is 0.462 e. The molecule has 0 spiro atoms. The van der Waals surface area contributed by atoms with Crippen LogP contribution in [-0.4, -0.2) is 18.5 Å². The molecule has 0 fully saturated rings. The van der Waals surface area contributed by atoms with Gasteiger partial charge in [0.25, 0.3) is 0 Å². The van der Waals surface area contributed by atoms with Gasteiger partial charge in [0.2, 0.25) is 0 Å². The van der Waals surface area contributed by atoms with Crippen LogP contribution < -0.4 is 4.74 Å². The first kappa shape index (κ1) is 18.2. The number of carbonyl (C=O) groups is 2. The zero-order chi connectivity index (χ0) is 18.2. The van der Waals surface area contributed by atoms with Crippen molar-refractivity contribution in [2.45, 2.75) is 12.8 Å². The highest BCUT2D eigenvalue weighted by atomic mass is 16.5. The van der Waals surface area contributed by atoms with Crippen LogP contribution in [0, 0.1) is 0 Å². The fraction of sp³-hybridized carbons (Fsp3) is 0.143. The molecule has 0 aliphatic carbocycles. The van der Waals surface area contributed by atoms with E-state index in [9.17, 15) is 9.59 Å². The Morgan fingerprint density at radius 2 is 1.44 bits per heavy atom. The molecule has 0 radical (unpaired) electrons. The first-order chi connectivity index (χ1) is 12.0. The van der Waals surface area contributed by atoms with Crippen LogP contribution in [0.4, 0.5) is 0 Å². The molecule has 0 heterocycles. The summed E-state index contributed by atoms with van der Waals surface area (Å²) in [4.78, 5) is 22.3. The number of carbonyl (C=O) groups excluding carboxylic acids is 2. The third-order valence-electron chi connectivity index (χ3n) is 3.69. The van der Waals surface area contributed by atoms with Gasteiger partial charge in [-0.2, -0.15) is 0 Å². The van der Waals surface area contributed by atoms with E-state index in [0.717, 1.165) is 28.8 Å². The molecule has 4 nitrogen and oxygen atoms in total. The second kappa shape index (κ2) is 8.64. The zero-order valence-corrected chi connectivity index (χ0v) is 14.1. The SMILES string of the molecule is C=CC(=O)OCC(C)c1ccc(-c2ccc(OC(=O)C=C)cc2)cc1. The molecule has 1 atom stereocenters. The molecule has 0 aromatic heterocycles. The van der Waals surface area contributed by atoms with E-state index in [1.807, 2.05) is 43.3 Å². The summed E-state index contributed by atoms with van der Waals surface area (Å²) in [5, 5.41) is 0. The van der Waals surface area contributed by atoms with Gasteiger partial charge in [-0.1, -0.05) is 56.5 Å². The summed E-state index contributed by atoms with van der Waals surface area (Å²) in [7, 11) is 0. The van der Waals surface area contributed by atoms with Gasteiger partial charge >= 0.3 is 11.9 Å². The van der Waals surface area contributed by atoms with Gasteiger partial charge in [0, 0.05) is 18.1 Å². The molecule has 0 amide bonds. The van der Waals surface area contributed by atoms with Crippen LogP contribution in [0.1, 0.15) is 18.4 Å². The van der Waals surface area contributed by atoms with Crippen molar-refractivity contribution in [3.63, 3.8) is 0 Å². The second-order valence-electron chi connectivity index (χ2n) is 5.51. The van der Waals surface area contributed by atoms with Gasteiger partial charge < -0.3 is 9.47 Å². The Kier molecular flexibility index (Phi) is 6.29. The summed E-state index contributed by atoms with van der Waals surface area (Å²) >= 11 is 0. The van der Waals surface area contributed by atoms with Crippen molar-refractivity contribution in [2.75, 3.05) is 6.61 Å². The van der Waals surface area contributed by atoms with Gasteiger partial charge in [0.1, 0.15) is 5.75 Å². The molecule has 0 aliphatic rings. The predicted molar refractivity (Wildman–Crippen MR) is 97.3 cm³/mol. The highest BCUT2D eigenvalue weighted by molar-refractivity contribution is 5.83. The number of benzene rings is 2. The summed E-state index contributed by atoms with van der Waals surface area (Å²) in [6.45, 7) is 9.05. The van der Waals surface area contributed by atoms with Crippen molar-refractivity contribution in [2.24, 2.45) is 0 Å².